The van der Waals surface area contributed by atoms with Gasteiger partial charge in [0.1, 0.15) is 5.82 Å². The van der Waals surface area contributed by atoms with Crippen molar-refractivity contribution < 1.29 is 4.39 Å². The van der Waals surface area contributed by atoms with E-state index in [1.165, 1.54) is 11.6 Å². The van der Waals surface area contributed by atoms with E-state index < -0.39 is 0 Å². The van der Waals surface area contributed by atoms with Crippen LogP contribution in [0.2, 0.25) is 5.02 Å². The number of nitrogens with one attached hydrogen (secondary N) is 1. The lowest BCUT2D eigenvalue weighted by Gasteiger charge is -2.17. The molecule has 0 spiro atoms. The lowest BCUT2D eigenvalue weighted by atomic mass is 9.92. The molecule has 0 aliphatic carbocycles. The third-order valence-electron chi connectivity index (χ3n) is 3.35. The molecular weight excluding hydrogens is 353 g/mol. The first kappa shape index (κ1) is 16.5. The van der Waals surface area contributed by atoms with E-state index in [0.717, 1.165) is 34.4 Å². The zero-order valence-electron chi connectivity index (χ0n) is 11.9. The average molecular weight is 371 g/mol. The summed E-state index contributed by atoms with van der Waals surface area (Å²) in [6.07, 6.45) is 1.74. The Morgan fingerprint density at radius 2 is 1.90 bits per heavy atom. The molecule has 0 aliphatic heterocycles. The van der Waals surface area contributed by atoms with Crippen molar-refractivity contribution in [3.63, 3.8) is 0 Å². The second kappa shape index (κ2) is 7.92. The van der Waals surface area contributed by atoms with Crippen LogP contribution < -0.4 is 5.32 Å². The molecule has 0 aromatic heterocycles. The summed E-state index contributed by atoms with van der Waals surface area (Å²) < 4.78 is 14.3. The molecule has 0 amide bonds. The third kappa shape index (κ3) is 5.42. The van der Waals surface area contributed by atoms with Crippen LogP contribution in [0.5, 0.6) is 0 Å². The molecule has 1 N–H and O–H groups in total. The highest BCUT2D eigenvalue weighted by molar-refractivity contribution is 9.10. The van der Waals surface area contributed by atoms with Gasteiger partial charge in [-0.05, 0) is 73.8 Å². The van der Waals surface area contributed by atoms with Gasteiger partial charge in [0.2, 0.25) is 0 Å². The van der Waals surface area contributed by atoms with Crippen LogP contribution in [0.15, 0.2) is 46.9 Å². The summed E-state index contributed by atoms with van der Waals surface area (Å²) in [4.78, 5) is 0. The van der Waals surface area contributed by atoms with Gasteiger partial charge in [-0.3, -0.25) is 0 Å². The van der Waals surface area contributed by atoms with E-state index in [0.29, 0.717) is 5.92 Å². The second-order valence-electron chi connectivity index (χ2n) is 5.24. The predicted molar refractivity (Wildman–Crippen MR) is 90.4 cm³/mol. The SMILES string of the molecule is CNCC(Cc1cccc(Cl)c1)Cc1cc(F)cc(Br)c1. The predicted octanol–water partition coefficient (Wildman–Crippen LogP) is 4.86. The van der Waals surface area contributed by atoms with Crippen molar-refractivity contribution in [2.75, 3.05) is 13.6 Å². The van der Waals surface area contributed by atoms with Crippen LogP contribution in [0.4, 0.5) is 4.39 Å². The van der Waals surface area contributed by atoms with Gasteiger partial charge < -0.3 is 5.32 Å². The minimum atomic E-state index is -0.203. The van der Waals surface area contributed by atoms with Crippen LogP contribution >= 0.6 is 27.5 Å². The van der Waals surface area contributed by atoms with E-state index in [-0.39, 0.29) is 5.82 Å². The molecule has 21 heavy (non-hydrogen) atoms. The Bertz CT molecular complexity index is 583. The van der Waals surface area contributed by atoms with Crippen molar-refractivity contribution in [1.29, 1.82) is 0 Å². The van der Waals surface area contributed by atoms with Crippen LogP contribution in [0.1, 0.15) is 11.1 Å². The Morgan fingerprint density at radius 1 is 1.14 bits per heavy atom. The molecule has 1 unspecified atom stereocenters. The summed E-state index contributed by atoms with van der Waals surface area (Å²) in [5.74, 6) is 0.188. The Kier molecular flexibility index (Phi) is 6.22. The molecular formula is C17H18BrClFN. The molecule has 0 aliphatic rings. The lowest BCUT2D eigenvalue weighted by molar-refractivity contribution is 0.491. The van der Waals surface area contributed by atoms with Gasteiger partial charge in [0.15, 0.2) is 0 Å². The quantitative estimate of drug-likeness (QED) is 0.765. The van der Waals surface area contributed by atoms with E-state index in [1.807, 2.05) is 31.3 Å². The van der Waals surface area contributed by atoms with E-state index in [2.05, 4.69) is 27.3 Å². The summed E-state index contributed by atoms with van der Waals surface area (Å²) in [6.45, 7) is 0.876. The zero-order chi connectivity index (χ0) is 15.2. The van der Waals surface area contributed by atoms with Gasteiger partial charge in [0.05, 0.1) is 0 Å². The number of benzene rings is 2. The van der Waals surface area contributed by atoms with Gasteiger partial charge in [0.25, 0.3) is 0 Å². The van der Waals surface area contributed by atoms with Gasteiger partial charge in [-0.2, -0.15) is 0 Å². The smallest absolute Gasteiger partial charge is 0.124 e. The van der Waals surface area contributed by atoms with Gasteiger partial charge in [-0.1, -0.05) is 39.7 Å². The van der Waals surface area contributed by atoms with Crippen LogP contribution in [-0.4, -0.2) is 13.6 Å². The average Bonchev–Trinajstić information content (AvgIpc) is 2.37. The van der Waals surface area contributed by atoms with Crippen molar-refractivity contribution in [1.82, 2.24) is 5.32 Å². The molecule has 1 atom stereocenters. The molecule has 2 aromatic carbocycles. The van der Waals surface area contributed by atoms with Gasteiger partial charge >= 0.3 is 0 Å². The first-order chi connectivity index (χ1) is 10.1. The van der Waals surface area contributed by atoms with Crippen molar-refractivity contribution in [2.24, 2.45) is 5.92 Å². The fraction of sp³-hybridized carbons (Fsp3) is 0.294. The van der Waals surface area contributed by atoms with Crippen LogP contribution in [0, 0.1) is 11.7 Å². The molecule has 0 bridgehead atoms. The largest absolute Gasteiger partial charge is 0.319 e. The maximum Gasteiger partial charge on any atom is 0.124 e. The fourth-order valence-corrected chi connectivity index (χ4v) is 3.29. The highest BCUT2D eigenvalue weighted by atomic mass is 79.9. The normalized spacial score (nSPS) is 12.4. The maximum absolute atomic E-state index is 13.5. The van der Waals surface area contributed by atoms with Crippen molar-refractivity contribution >= 4 is 27.5 Å². The minimum Gasteiger partial charge on any atom is -0.319 e. The Balaban J connectivity index is 2.11. The van der Waals surface area contributed by atoms with Gasteiger partial charge in [-0.25, -0.2) is 4.39 Å². The van der Waals surface area contributed by atoms with Gasteiger partial charge in [-0.15, -0.1) is 0 Å². The highest BCUT2D eigenvalue weighted by Gasteiger charge is 2.12. The minimum absolute atomic E-state index is 0.203. The summed E-state index contributed by atoms with van der Waals surface area (Å²) in [5.41, 5.74) is 2.21. The molecule has 2 aromatic rings. The molecule has 1 nitrogen and oxygen atoms in total. The summed E-state index contributed by atoms with van der Waals surface area (Å²) in [5, 5.41) is 3.97. The Labute approximate surface area is 138 Å². The van der Waals surface area contributed by atoms with E-state index in [9.17, 15) is 4.39 Å². The number of rotatable bonds is 6. The number of hydrogen-bond acceptors (Lipinski definition) is 1. The first-order valence-electron chi connectivity index (χ1n) is 6.91. The molecule has 0 saturated heterocycles. The summed E-state index contributed by atoms with van der Waals surface area (Å²) >= 11 is 9.38. The number of hydrogen-bond donors (Lipinski definition) is 1. The standard InChI is InChI=1S/C17H18BrClFN/c1-21-11-14(5-12-3-2-4-16(19)8-12)6-13-7-15(18)10-17(20)9-13/h2-4,7-10,14,21H,5-6,11H2,1H3. The molecule has 112 valence electrons. The topological polar surface area (TPSA) is 12.0 Å². The monoisotopic (exact) mass is 369 g/mol. The van der Waals surface area contributed by atoms with Crippen molar-refractivity contribution in [3.05, 3.63) is 68.9 Å². The van der Waals surface area contributed by atoms with Crippen molar-refractivity contribution in [2.45, 2.75) is 12.8 Å². The molecule has 4 heteroatoms. The lowest BCUT2D eigenvalue weighted by Crippen LogP contribution is -2.22. The Morgan fingerprint density at radius 3 is 2.57 bits per heavy atom. The van der Waals surface area contributed by atoms with E-state index in [4.69, 9.17) is 11.6 Å². The van der Waals surface area contributed by atoms with Crippen LogP contribution in [-0.2, 0) is 12.8 Å². The van der Waals surface area contributed by atoms with Gasteiger partial charge in [0, 0.05) is 9.50 Å². The molecule has 0 saturated carbocycles. The van der Waals surface area contributed by atoms with Crippen molar-refractivity contribution in [3.8, 4) is 0 Å². The summed E-state index contributed by atoms with van der Waals surface area (Å²) in [6, 6.07) is 13.0. The molecule has 0 fully saturated rings. The molecule has 0 heterocycles. The van der Waals surface area contributed by atoms with Crippen LogP contribution in [0.25, 0.3) is 0 Å². The number of halogens is 3. The molecule has 2 rings (SSSR count). The van der Waals surface area contributed by atoms with Crippen LogP contribution in [0.3, 0.4) is 0 Å². The second-order valence-corrected chi connectivity index (χ2v) is 6.59. The van der Waals surface area contributed by atoms with E-state index >= 15 is 0 Å². The Hall–Kier alpha value is -0.900. The third-order valence-corrected chi connectivity index (χ3v) is 4.05. The molecule has 0 radical (unpaired) electrons. The first-order valence-corrected chi connectivity index (χ1v) is 8.08. The summed E-state index contributed by atoms with van der Waals surface area (Å²) in [7, 11) is 1.94. The van der Waals surface area contributed by atoms with E-state index in [1.54, 1.807) is 6.07 Å². The maximum atomic E-state index is 13.5. The fourth-order valence-electron chi connectivity index (χ4n) is 2.56. The highest BCUT2D eigenvalue weighted by Crippen LogP contribution is 2.21. The zero-order valence-corrected chi connectivity index (χ0v) is 14.2.